The summed E-state index contributed by atoms with van der Waals surface area (Å²) in [5.74, 6) is 0.723. The summed E-state index contributed by atoms with van der Waals surface area (Å²) in [6.07, 6.45) is 3.18. The zero-order valence-electron chi connectivity index (χ0n) is 15.1. The van der Waals surface area contributed by atoms with Gasteiger partial charge in [0.1, 0.15) is 11.3 Å². The maximum Gasteiger partial charge on any atom is 0.345 e. The number of fused-ring (bicyclic) bond motifs is 3. The smallest absolute Gasteiger partial charge is 0.345 e. The number of nitrogens with one attached hydrogen (secondary N) is 1. The summed E-state index contributed by atoms with van der Waals surface area (Å²) >= 11 is 1.33. The molecule has 27 heavy (non-hydrogen) atoms. The van der Waals surface area contributed by atoms with Crippen LogP contribution in [0.15, 0.2) is 56.3 Å². The molecule has 1 atom stereocenters. The van der Waals surface area contributed by atoms with Gasteiger partial charge in [-0.25, -0.2) is 4.79 Å². The van der Waals surface area contributed by atoms with Crippen molar-refractivity contribution in [1.82, 2.24) is 5.32 Å². The van der Waals surface area contributed by atoms with E-state index < -0.39 is 5.63 Å². The van der Waals surface area contributed by atoms with E-state index in [1.807, 2.05) is 38.1 Å². The van der Waals surface area contributed by atoms with Gasteiger partial charge in [-0.2, -0.15) is 0 Å². The van der Waals surface area contributed by atoms with Crippen LogP contribution in [0.2, 0.25) is 0 Å². The van der Waals surface area contributed by atoms with Gasteiger partial charge < -0.3 is 14.2 Å². The fourth-order valence-corrected chi connectivity index (χ4v) is 4.17. The first-order valence-electron chi connectivity index (χ1n) is 8.81. The summed E-state index contributed by atoms with van der Waals surface area (Å²) in [5.41, 5.74) is 1.20. The highest BCUT2D eigenvalue weighted by Crippen LogP contribution is 2.31. The molecule has 4 rings (SSSR count). The quantitative estimate of drug-likeness (QED) is 0.510. The van der Waals surface area contributed by atoms with Crippen molar-refractivity contribution < 1.29 is 13.6 Å². The van der Waals surface area contributed by atoms with Gasteiger partial charge in [0.2, 0.25) is 0 Å². The first kappa shape index (κ1) is 17.5. The molecule has 0 radical (unpaired) electrons. The normalized spacial score (nSPS) is 12.5. The molecule has 0 spiro atoms. The summed E-state index contributed by atoms with van der Waals surface area (Å²) in [6, 6.07) is 11.1. The molecule has 4 aromatic rings. The van der Waals surface area contributed by atoms with Crippen molar-refractivity contribution in [2.24, 2.45) is 0 Å². The molecule has 138 valence electrons. The molecule has 3 aromatic heterocycles. The van der Waals surface area contributed by atoms with E-state index in [-0.39, 0.29) is 11.9 Å². The van der Waals surface area contributed by atoms with Crippen molar-refractivity contribution >= 4 is 38.3 Å². The van der Waals surface area contributed by atoms with Gasteiger partial charge in [-0.15, -0.1) is 11.3 Å². The zero-order chi connectivity index (χ0) is 19.0. The largest absolute Gasteiger partial charge is 0.469 e. The van der Waals surface area contributed by atoms with E-state index in [9.17, 15) is 9.59 Å². The Labute approximate surface area is 159 Å². The Morgan fingerprint density at radius 3 is 2.85 bits per heavy atom. The van der Waals surface area contributed by atoms with E-state index in [0.29, 0.717) is 15.8 Å². The number of carbonyl (C=O) groups excluding carboxylic acids is 1. The molecule has 0 fully saturated rings. The summed E-state index contributed by atoms with van der Waals surface area (Å²) in [4.78, 5) is 25.4. The molecule has 1 amide bonds. The Hall–Kier alpha value is -2.86. The van der Waals surface area contributed by atoms with Crippen LogP contribution in [0.3, 0.4) is 0 Å². The topological polar surface area (TPSA) is 72.5 Å². The molecule has 0 aliphatic rings. The van der Waals surface area contributed by atoms with Crippen LogP contribution in [-0.4, -0.2) is 11.9 Å². The number of rotatable bonds is 5. The van der Waals surface area contributed by atoms with Gasteiger partial charge in [0.05, 0.1) is 21.2 Å². The number of benzene rings is 1. The van der Waals surface area contributed by atoms with E-state index in [2.05, 4.69) is 5.32 Å². The van der Waals surface area contributed by atoms with Crippen LogP contribution in [0.25, 0.3) is 21.1 Å². The summed E-state index contributed by atoms with van der Waals surface area (Å²) in [5, 5.41) is 4.31. The highest BCUT2D eigenvalue weighted by Gasteiger charge is 2.17. The third kappa shape index (κ3) is 3.53. The number of thiophene rings is 1. The van der Waals surface area contributed by atoms with Crippen molar-refractivity contribution in [3.8, 4) is 0 Å². The monoisotopic (exact) mass is 381 g/mol. The number of aryl methyl sites for hydroxylation is 2. The minimum absolute atomic E-state index is 0.0109. The van der Waals surface area contributed by atoms with Crippen LogP contribution in [0.1, 0.15) is 34.3 Å². The standard InChI is InChI=1S/C21H19NO4S/c1-12-5-8-17-15(10-12)19-16(21(24)26-17)11-18(27-19)20(23)22-13(2)6-7-14-4-3-9-25-14/h3-5,8-11,13H,6-7H2,1-2H3,(H,22,23)/t13-/m0/s1. The van der Waals surface area contributed by atoms with Crippen LogP contribution in [0.4, 0.5) is 0 Å². The molecule has 1 N–H and O–H groups in total. The Morgan fingerprint density at radius 2 is 2.07 bits per heavy atom. The van der Waals surface area contributed by atoms with Crippen molar-refractivity contribution in [2.75, 3.05) is 0 Å². The first-order valence-corrected chi connectivity index (χ1v) is 9.63. The molecular weight excluding hydrogens is 362 g/mol. The maximum absolute atomic E-state index is 12.6. The maximum atomic E-state index is 12.6. The highest BCUT2D eigenvalue weighted by molar-refractivity contribution is 7.21. The van der Waals surface area contributed by atoms with Crippen LogP contribution in [-0.2, 0) is 6.42 Å². The highest BCUT2D eigenvalue weighted by atomic mass is 32.1. The van der Waals surface area contributed by atoms with Gasteiger partial charge in [-0.05, 0) is 50.6 Å². The van der Waals surface area contributed by atoms with E-state index in [4.69, 9.17) is 8.83 Å². The summed E-state index contributed by atoms with van der Waals surface area (Å²) in [7, 11) is 0. The Morgan fingerprint density at radius 1 is 1.22 bits per heavy atom. The van der Waals surface area contributed by atoms with Gasteiger partial charge in [-0.1, -0.05) is 11.6 Å². The van der Waals surface area contributed by atoms with Crippen molar-refractivity contribution in [3.05, 3.63) is 69.3 Å². The molecule has 0 saturated heterocycles. The number of furan rings is 1. The van der Waals surface area contributed by atoms with Crippen LogP contribution in [0, 0.1) is 6.92 Å². The molecule has 0 aliphatic carbocycles. The predicted molar refractivity (Wildman–Crippen MR) is 107 cm³/mol. The van der Waals surface area contributed by atoms with Crippen molar-refractivity contribution in [2.45, 2.75) is 32.7 Å². The second-order valence-electron chi connectivity index (χ2n) is 6.74. The number of carbonyl (C=O) groups is 1. The molecule has 5 nitrogen and oxygen atoms in total. The average Bonchev–Trinajstić information content (AvgIpc) is 3.31. The van der Waals surface area contributed by atoms with E-state index >= 15 is 0 Å². The van der Waals surface area contributed by atoms with E-state index in [1.54, 1.807) is 18.4 Å². The van der Waals surface area contributed by atoms with Crippen LogP contribution >= 0.6 is 11.3 Å². The van der Waals surface area contributed by atoms with Gasteiger partial charge in [0, 0.05) is 17.8 Å². The minimum atomic E-state index is -0.414. The van der Waals surface area contributed by atoms with Crippen molar-refractivity contribution in [1.29, 1.82) is 0 Å². The summed E-state index contributed by atoms with van der Waals surface area (Å²) < 4.78 is 11.5. The predicted octanol–water partition coefficient (Wildman–Crippen LogP) is 4.66. The Bertz CT molecular complexity index is 1170. The minimum Gasteiger partial charge on any atom is -0.469 e. The molecule has 0 unspecified atom stereocenters. The number of amides is 1. The SMILES string of the molecule is Cc1ccc2oc(=O)c3cc(C(=O)N[C@@H](C)CCc4ccco4)sc3c2c1. The number of hydrogen-bond donors (Lipinski definition) is 1. The molecule has 1 aromatic carbocycles. The zero-order valence-corrected chi connectivity index (χ0v) is 15.9. The van der Waals surface area contributed by atoms with E-state index in [1.165, 1.54) is 11.3 Å². The Kier molecular flexibility index (Phi) is 4.58. The van der Waals surface area contributed by atoms with Gasteiger partial charge in [-0.3, -0.25) is 4.79 Å². The van der Waals surface area contributed by atoms with Crippen LogP contribution in [0.5, 0.6) is 0 Å². The number of hydrogen-bond acceptors (Lipinski definition) is 5. The first-order chi connectivity index (χ1) is 13.0. The lowest BCUT2D eigenvalue weighted by Gasteiger charge is -2.12. The summed E-state index contributed by atoms with van der Waals surface area (Å²) in [6.45, 7) is 3.94. The molecule has 0 saturated carbocycles. The average molecular weight is 381 g/mol. The lowest BCUT2D eigenvalue weighted by atomic mass is 10.1. The van der Waals surface area contributed by atoms with Crippen LogP contribution < -0.4 is 10.9 Å². The van der Waals surface area contributed by atoms with Crippen molar-refractivity contribution in [3.63, 3.8) is 0 Å². The molecule has 0 bridgehead atoms. The third-order valence-corrected chi connectivity index (χ3v) is 5.71. The fourth-order valence-electron chi connectivity index (χ4n) is 3.10. The lowest BCUT2D eigenvalue weighted by Crippen LogP contribution is -2.32. The van der Waals surface area contributed by atoms with Gasteiger partial charge >= 0.3 is 5.63 Å². The van der Waals surface area contributed by atoms with Gasteiger partial charge in [0.25, 0.3) is 5.91 Å². The lowest BCUT2D eigenvalue weighted by molar-refractivity contribution is 0.0942. The molecule has 0 aliphatic heterocycles. The second kappa shape index (κ2) is 7.04. The van der Waals surface area contributed by atoms with E-state index in [0.717, 1.165) is 34.3 Å². The molecule has 3 heterocycles. The Balaban J connectivity index is 1.58. The van der Waals surface area contributed by atoms with Gasteiger partial charge in [0.15, 0.2) is 0 Å². The fraction of sp³-hybridized carbons (Fsp3) is 0.238. The molecular formula is C21H19NO4S. The molecule has 6 heteroatoms. The second-order valence-corrected chi connectivity index (χ2v) is 7.79. The third-order valence-electron chi connectivity index (χ3n) is 4.54.